The van der Waals surface area contributed by atoms with E-state index in [0.29, 0.717) is 0 Å². The second-order valence-electron chi connectivity index (χ2n) is 6.00. The van der Waals surface area contributed by atoms with Crippen LogP contribution in [0.3, 0.4) is 0 Å². The quantitative estimate of drug-likeness (QED) is 0.543. The summed E-state index contributed by atoms with van der Waals surface area (Å²) in [6.45, 7) is 0. The van der Waals surface area contributed by atoms with Gasteiger partial charge in [-0.05, 0) is 43.0 Å². The molecule has 0 amide bonds. The summed E-state index contributed by atoms with van der Waals surface area (Å²) in [6, 6.07) is 8.24. The number of aromatic nitrogens is 4. The number of fused-ring (bicyclic) bond motifs is 2. The molecule has 5 heteroatoms. The van der Waals surface area contributed by atoms with Crippen LogP contribution in [0, 0.1) is 0 Å². The molecule has 5 rings (SSSR count). The molecule has 0 spiro atoms. The van der Waals surface area contributed by atoms with E-state index in [9.17, 15) is 0 Å². The maximum atomic E-state index is 4.76. The molecule has 4 aromatic rings. The molecule has 0 aromatic carbocycles. The van der Waals surface area contributed by atoms with E-state index >= 15 is 0 Å². The van der Waals surface area contributed by atoms with Crippen molar-refractivity contribution >= 4 is 32.6 Å². The van der Waals surface area contributed by atoms with Crippen LogP contribution in [-0.2, 0) is 0 Å². The van der Waals surface area contributed by atoms with Crippen molar-refractivity contribution in [2.75, 3.05) is 0 Å². The minimum atomic E-state index is 0.734. The Morgan fingerprint density at radius 2 is 1.96 bits per heavy atom. The number of hydrogen-bond acceptors (Lipinski definition) is 5. The molecule has 0 saturated heterocycles. The van der Waals surface area contributed by atoms with Crippen LogP contribution in [0.15, 0.2) is 42.9 Å². The molecule has 0 atom stereocenters. The normalized spacial score (nSPS) is 15.1. The summed E-state index contributed by atoms with van der Waals surface area (Å²) < 4.78 is 0. The van der Waals surface area contributed by atoms with Gasteiger partial charge in [-0.2, -0.15) is 0 Å². The third kappa shape index (κ3) is 2.19. The first-order valence-corrected chi connectivity index (χ1v) is 8.66. The number of pyridine rings is 2. The van der Waals surface area contributed by atoms with Crippen LogP contribution in [0.4, 0.5) is 0 Å². The molecule has 1 aliphatic rings. The zero-order chi connectivity index (χ0) is 15.2. The average molecular weight is 318 g/mol. The maximum absolute atomic E-state index is 4.76. The van der Waals surface area contributed by atoms with E-state index in [0.717, 1.165) is 38.6 Å². The number of rotatable bonds is 2. The highest BCUT2D eigenvalue weighted by Crippen LogP contribution is 2.41. The van der Waals surface area contributed by atoms with E-state index in [1.54, 1.807) is 12.4 Å². The van der Waals surface area contributed by atoms with Crippen molar-refractivity contribution in [3.63, 3.8) is 0 Å². The summed E-state index contributed by atoms with van der Waals surface area (Å²) in [5.41, 5.74) is 1.69. The van der Waals surface area contributed by atoms with Gasteiger partial charge in [-0.25, -0.2) is 19.9 Å². The highest BCUT2D eigenvalue weighted by Gasteiger charge is 2.22. The summed E-state index contributed by atoms with van der Waals surface area (Å²) in [5.74, 6) is 1.48. The molecule has 1 saturated carbocycles. The van der Waals surface area contributed by atoms with Crippen molar-refractivity contribution in [2.24, 2.45) is 0 Å². The Hall–Kier alpha value is -2.40. The van der Waals surface area contributed by atoms with Gasteiger partial charge in [-0.1, -0.05) is 6.42 Å². The van der Waals surface area contributed by atoms with E-state index in [1.807, 2.05) is 29.7 Å². The zero-order valence-corrected chi connectivity index (χ0v) is 13.3. The number of hydrogen-bond donors (Lipinski definition) is 0. The molecular formula is C18H14N4S. The molecule has 0 unspecified atom stereocenters. The van der Waals surface area contributed by atoms with E-state index < -0.39 is 0 Å². The Balaban J connectivity index is 1.60. The maximum Gasteiger partial charge on any atom is 0.162 e. The lowest BCUT2D eigenvalue weighted by atomic mass is 9.84. The Kier molecular flexibility index (Phi) is 2.88. The Morgan fingerprint density at radius 1 is 1.00 bits per heavy atom. The first kappa shape index (κ1) is 13.1. The molecule has 4 aromatic heterocycles. The van der Waals surface area contributed by atoms with Crippen molar-refractivity contribution in [3.8, 4) is 11.4 Å². The lowest BCUT2D eigenvalue weighted by molar-refractivity contribution is 0.426. The number of thiophene rings is 1. The van der Waals surface area contributed by atoms with Gasteiger partial charge >= 0.3 is 0 Å². The summed E-state index contributed by atoms with van der Waals surface area (Å²) in [5, 5.41) is 2.16. The summed E-state index contributed by atoms with van der Waals surface area (Å²) in [7, 11) is 0. The molecule has 4 heterocycles. The standard InChI is InChI=1S/C18H14N4S/c1-3-11(4-1)15-8-14-10-21-17(22-18(14)23-15)13-7-12-5-2-6-19-16(12)20-9-13/h2,5-11H,1,3-4H2. The van der Waals surface area contributed by atoms with Crippen LogP contribution in [0.5, 0.6) is 0 Å². The van der Waals surface area contributed by atoms with Crippen LogP contribution < -0.4 is 0 Å². The lowest BCUT2D eigenvalue weighted by Crippen LogP contribution is -2.06. The molecule has 112 valence electrons. The first-order chi connectivity index (χ1) is 11.4. The zero-order valence-electron chi connectivity index (χ0n) is 12.4. The molecule has 0 radical (unpaired) electrons. The SMILES string of the molecule is c1cnc2ncc(-c3ncc4cc(C5CCC5)sc4n3)cc2c1. The molecule has 1 aliphatic carbocycles. The van der Waals surface area contributed by atoms with E-state index in [-0.39, 0.29) is 0 Å². The molecule has 23 heavy (non-hydrogen) atoms. The average Bonchev–Trinajstić information content (AvgIpc) is 2.95. The largest absolute Gasteiger partial charge is 0.237 e. The summed E-state index contributed by atoms with van der Waals surface area (Å²) in [6.07, 6.45) is 9.47. The second-order valence-corrected chi connectivity index (χ2v) is 7.07. The van der Waals surface area contributed by atoms with Crippen molar-refractivity contribution in [1.29, 1.82) is 0 Å². The van der Waals surface area contributed by atoms with Gasteiger partial charge in [0.1, 0.15) is 4.83 Å². The molecule has 0 N–H and O–H groups in total. The third-order valence-corrected chi connectivity index (χ3v) is 5.72. The molecule has 0 bridgehead atoms. The van der Waals surface area contributed by atoms with Gasteiger partial charge in [0.15, 0.2) is 11.5 Å². The van der Waals surface area contributed by atoms with Crippen molar-refractivity contribution in [3.05, 3.63) is 47.7 Å². The van der Waals surface area contributed by atoms with E-state index in [4.69, 9.17) is 4.98 Å². The molecule has 1 fully saturated rings. The topological polar surface area (TPSA) is 51.6 Å². The Labute approximate surface area is 137 Å². The Morgan fingerprint density at radius 3 is 2.83 bits per heavy atom. The fraction of sp³-hybridized carbons (Fsp3) is 0.222. The van der Waals surface area contributed by atoms with Crippen LogP contribution >= 0.6 is 11.3 Å². The van der Waals surface area contributed by atoms with Crippen molar-refractivity contribution in [2.45, 2.75) is 25.2 Å². The molecule has 0 aliphatic heterocycles. The van der Waals surface area contributed by atoms with Gasteiger partial charge in [-0.3, -0.25) is 0 Å². The predicted octanol–water partition coefficient (Wildman–Crippen LogP) is 4.57. The van der Waals surface area contributed by atoms with Crippen LogP contribution in [-0.4, -0.2) is 19.9 Å². The van der Waals surface area contributed by atoms with Gasteiger partial charge in [-0.15, -0.1) is 11.3 Å². The minimum absolute atomic E-state index is 0.734. The summed E-state index contributed by atoms with van der Waals surface area (Å²) in [4.78, 5) is 20.5. The Bertz CT molecular complexity index is 1020. The van der Waals surface area contributed by atoms with Crippen LogP contribution in [0.25, 0.3) is 32.6 Å². The second kappa shape index (κ2) is 5.06. The molecular weight excluding hydrogens is 304 g/mol. The van der Waals surface area contributed by atoms with Crippen molar-refractivity contribution < 1.29 is 0 Å². The highest BCUT2D eigenvalue weighted by molar-refractivity contribution is 7.18. The highest BCUT2D eigenvalue weighted by atomic mass is 32.1. The first-order valence-electron chi connectivity index (χ1n) is 7.84. The molecule has 4 nitrogen and oxygen atoms in total. The predicted molar refractivity (Wildman–Crippen MR) is 92.5 cm³/mol. The van der Waals surface area contributed by atoms with Gasteiger partial charge in [0.2, 0.25) is 0 Å². The van der Waals surface area contributed by atoms with Gasteiger partial charge in [0.25, 0.3) is 0 Å². The number of nitrogens with zero attached hydrogens (tertiary/aromatic N) is 4. The van der Waals surface area contributed by atoms with Crippen LogP contribution in [0.1, 0.15) is 30.1 Å². The van der Waals surface area contributed by atoms with Gasteiger partial charge in [0, 0.05) is 39.8 Å². The lowest BCUT2D eigenvalue weighted by Gasteiger charge is -2.23. The van der Waals surface area contributed by atoms with Crippen molar-refractivity contribution in [1.82, 2.24) is 19.9 Å². The minimum Gasteiger partial charge on any atom is -0.237 e. The van der Waals surface area contributed by atoms with E-state index in [1.165, 1.54) is 24.1 Å². The monoisotopic (exact) mass is 318 g/mol. The third-order valence-electron chi connectivity index (χ3n) is 4.51. The smallest absolute Gasteiger partial charge is 0.162 e. The summed E-state index contributed by atoms with van der Waals surface area (Å²) >= 11 is 1.81. The fourth-order valence-electron chi connectivity index (χ4n) is 2.97. The fourth-order valence-corrected chi connectivity index (χ4v) is 4.14. The van der Waals surface area contributed by atoms with Crippen LogP contribution in [0.2, 0.25) is 0 Å². The van der Waals surface area contributed by atoms with Gasteiger partial charge in [0.05, 0.1) is 0 Å². The van der Waals surface area contributed by atoms with Gasteiger partial charge < -0.3 is 0 Å². The van der Waals surface area contributed by atoms with E-state index in [2.05, 4.69) is 27.1 Å².